The average Bonchev–Trinajstić information content (AvgIpc) is 3.47. The van der Waals surface area contributed by atoms with Gasteiger partial charge in [-0.1, -0.05) is 24.0 Å². The van der Waals surface area contributed by atoms with Crippen LogP contribution in [0.2, 0.25) is 0 Å². The van der Waals surface area contributed by atoms with Crippen molar-refractivity contribution in [3.05, 3.63) is 71.2 Å². The van der Waals surface area contributed by atoms with Gasteiger partial charge in [0.05, 0.1) is 33.0 Å². The summed E-state index contributed by atoms with van der Waals surface area (Å²) in [6.07, 6.45) is 5.49. The number of halogens is 1. The fourth-order valence-corrected chi connectivity index (χ4v) is 4.35. The monoisotopic (exact) mass is 445 g/mol. The lowest BCUT2D eigenvalue weighted by Gasteiger charge is -2.08. The smallest absolute Gasteiger partial charge is 0.213 e. The van der Waals surface area contributed by atoms with Crippen molar-refractivity contribution in [3.8, 4) is 17.7 Å². The van der Waals surface area contributed by atoms with Crippen LogP contribution in [0.5, 0.6) is 5.88 Å². The Morgan fingerprint density at radius 1 is 1.19 bits per heavy atom. The molecule has 0 radical (unpaired) electrons. The van der Waals surface area contributed by atoms with E-state index < -0.39 is 0 Å². The second-order valence-corrected chi connectivity index (χ2v) is 8.45. The van der Waals surface area contributed by atoms with Crippen LogP contribution in [0.4, 0.5) is 15.9 Å². The molecule has 1 atom stereocenters. The maximum absolute atomic E-state index is 13.3. The lowest BCUT2D eigenvalue weighted by atomic mass is 10.2. The lowest BCUT2D eigenvalue weighted by Crippen LogP contribution is -2.18. The molecule has 5 rings (SSSR count). The molecule has 1 aliphatic rings. The molecule has 0 spiro atoms. The number of anilines is 2. The number of thiophene rings is 1. The third-order valence-corrected chi connectivity index (χ3v) is 6.06. The number of hydrogen-bond acceptors (Lipinski definition) is 7. The Kier molecular flexibility index (Phi) is 5.92. The number of aromatic nitrogens is 3. The summed E-state index contributed by atoms with van der Waals surface area (Å²) in [6, 6.07) is 12.2. The third-order valence-electron chi connectivity index (χ3n) is 5.02. The molecule has 8 heteroatoms. The summed E-state index contributed by atoms with van der Waals surface area (Å²) in [5, 5.41) is 6.68. The van der Waals surface area contributed by atoms with Gasteiger partial charge in [0.2, 0.25) is 5.88 Å². The van der Waals surface area contributed by atoms with Crippen LogP contribution < -0.4 is 15.4 Å². The number of ether oxygens (including phenoxy) is 1. The Hall–Kier alpha value is -3.54. The molecule has 4 heterocycles. The third kappa shape index (κ3) is 4.85. The van der Waals surface area contributed by atoms with Gasteiger partial charge in [-0.25, -0.2) is 19.3 Å². The van der Waals surface area contributed by atoms with Gasteiger partial charge in [0.25, 0.3) is 0 Å². The molecule has 160 valence electrons. The summed E-state index contributed by atoms with van der Waals surface area (Å²) >= 11 is 1.57. The second-order valence-electron chi connectivity index (χ2n) is 7.39. The zero-order valence-corrected chi connectivity index (χ0v) is 18.0. The lowest BCUT2D eigenvalue weighted by molar-refractivity contribution is 0.293. The molecule has 4 aromatic rings. The minimum Gasteiger partial charge on any atom is -0.473 e. The number of hydrogen-bond donors (Lipinski definition) is 2. The number of rotatable bonds is 5. The van der Waals surface area contributed by atoms with Gasteiger partial charge in [-0.15, -0.1) is 11.3 Å². The van der Waals surface area contributed by atoms with E-state index in [1.165, 1.54) is 24.9 Å². The van der Waals surface area contributed by atoms with Gasteiger partial charge in [0, 0.05) is 6.07 Å². The first-order chi connectivity index (χ1) is 15.7. The van der Waals surface area contributed by atoms with Crippen molar-refractivity contribution in [2.45, 2.75) is 25.5 Å². The molecule has 0 bridgehead atoms. The summed E-state index contributed by atoms with van der Waals surface area (Å²) < 4.78 is 19.9. The molecule has 6 nitrogen and oxygen atoms in total. The van der Waals surface area contributed by atoms with E-state index in [0.29, 0.717) is 11.7 Å². The summed E-state index contributed by atoms with van der Waals surface area (Å²) in [7, 11) is 0. The van der Waals surface area contributed by atoms with E-state index in [-0.39, 0.29) is 18.5 Å². The van der Waals surface area contributed by atoms with Crippen molar-refractivity contribution >= 4 is 33.1 Å². The maximum Gasteiger partial charge on any atom is 0.213 e. The SMILES string of the molecule is Fc1cccc(COc2ccc(Nc3ncnc4cc(C#C[C@@H]5CCCN5)sc34)cn2)c1. The summed E-state index contributed by atoms with van der Waals surface area (Å²) in [5.74, 6) is 7.45. The number of pyridine rings is 1. The molecular weight excluding hydrogens is 425 g/mol. The number of nitrogens with zero attached hydrogens (tertiary/aromatic N) is 3. The quantitative estimate of drug-likeness (QED) is 0.436. The molecule has 0 unspecified atom stereocenters. The predicted molar refractivity (Wildman–Crippen MR) is 124 cm³/mol. The van der Waals surface area contributed by atoms with Crippen molar-refractivity contribution in [3.63, 3.8) is 0 Å². The van der Waals surface area contributed by atoms with Gasteiger partial charge in [0.15, 0.2) is 5.82 Å². The Balaban J connectivity index is 1.27. The molecule has 0 saturated carbocycles. The molecule has 0 aliphatic carbocycles. The largest absolute Gasteiger partial charge is 0.473 e. The van der Waals surface area contributed by atoms with Gasteiger partial charge >= 0.3 is 0 Å². The summed E-state index contributed by atoms with van der Waals surface area (Å²) in [5.41, 5.74) is 2.39. The van der Waals surface area contributed by atoms with E-state index in [4.69, 9.17) is 4.74 Å². The summed E-state index contributed by atoms with van der Waals surface area (Å²) in [6.45, 7) is 1.29. The molecule has 1 saturated heterocycles. The van der Waals surface area contributed by atoms with Gasteiger partial charge in [-0.2, -0.15) is 0 Å². The molecule has 1 aliphatic heterocycles. The maximum atomic E-state index is 13.3. The van der Waals surface area contributed by atoms with Crippen LogP contribution in [0.3, 0.4) is 0 Å². The number of fused-ring (bicyclic) bond motifs is 1. The van der Waals surface area contributed by atoms with Crippen molar-refractivity contribution in [2.24, 2.45) is 0 Å². The zero-order chi connectivity index (χ0) is 21.8. The molecule has 1 fully saturated rings. The molecular formula is C24H20FN5OS. The topological polar surface area (TPSA) is 72.0 Å². The second kappa shape index (κ2) is 9.30. The van der Waals surface area contributed by atoms with Crippen LogP contribution in [0.15, 0.2) is 55.0 Å². The van der Waals surface area contributed by atoms with E-state index in [1.807, 2.05) is 18.2 Å². The minimum absolute atomic E-state index is 0.249. The number of benzene rings is 1. The first-order valence-electron chi connectivity index (χ1n) is 10.3. The minimum atomic E-state index is -0.285. The fourth-order valence-electron chi connectivity index (χ4n) is 3.43. The van der Waals surface area contributed by atoms with Crippen LogP contribution in [0, 0.1) is 17.7 Å². The normalized spacial score (nSPS) is 15.3. The first-order valence-corrected chi connectivity index (χ1v) is 11.1. The predicted octanol–water partition coefficient (Wildman–Crippen LogP) is 4.65. The van der Waals surface area contributed by atoms with Crippen molar-refractivity contribution in [1.82, 2.24) is 20.3 Å². The van der Waals surface area contributed by atoms with Gasteiger partial charge in [0.1, 0.15) is 18.8 Å². The average molecular weight is 446 g/mol. The molecule has 0 amide bonds. The standard InChI is InChI=1S/C24H20FN5OS/c25-17-4-1-3-16(11-17)14-31-22-9-7-19(13-27-22)30-24-23-21(28-15-29-24)12-20(32-23)8-6-18-5-2-10-26-18/h1,3-4,7,9,11-13,15,18,26H,2,5,10,14H2,(H,28,29,30)/t18-/m0/s1. The fraction of sp³-hybridized carbons (Fsp3) is 0.208. The van der Waals surface area contributed by atoms with E-state index >= 15 is 0 Å². The highest BCUT2D eigenvalue weighted by Crippen LogP contribution is 2.30. The molecule has 2 N–H and O–H groups in total. The zero-order valence-electron chi connectivity index (χ0n) is 17.1. The Labute approximate surface area is 188 Å². The van der Waals surface area contributed by atoms with Crippen LogP contribution >= 0.6 is 11.3 Å². The van der Waals surface area contributed by atoms with Crippen molar-refractivity contribution < 1.29 is 9.13 Å². The van der Waals surface area contributed by atoms with E-state index in [9.17, 15) is 4.39 Å². The number of nitrogens with one attached hydrogen (secondary N) is 2. The highest BCUT2D eigenvalue weighted by molar-refractivity contribution is 7.20. The van der Waals surface area contributed by atoms with Gasteiger partial charge in [-0.3, -0.25) is 0 Å². The Morgan fingerprint density at radius 2 is 2.16 bits per heavy atom. The van der Waals surface area contributed by atoms with E-state index in [1.54, 1.807) is 29.7 Å². The highest BCUT2D eigenvalue weighted by atomic mass is 32.1. The van der Waals surface area contributed by atoms with E-state index in [2.05, 4.69) is 37.4 Å². The van der Waals surface area contributed by atoms with Crippen molar-refractivity contribution in [2.75, 3.05) is 11.9 Å². The highest BCUT2D eigenvalue weighted by Gasteiger charge is 2.12. The molecule has 3 aromatic heterocycles. The van der Waals surface area contributed by atoms with Gasteiger partial charge in [-0.05, 0) is 49.2 Å². The Bertz CT molecular complexity index is 1290. The first kappa shape index (κ1) is 20.4. The molecule has 1 aromatic carbocycles. The van der Waals surface area contributed by atoms with Gasteiger partial charge < -0.3 is 15.4 Å². The van der Waals surface area contributed by atoms with E-state index in [0.717, 1.165) is 39.3 Å². The molecule has 32 heavy (non-hydrogen) atoms. The Morgan fingerprint density at radius 3 is 2.97 bits per heavy atom. The van der Waals surface area contributed by atoms with Crippen LogP contribution in [0.25, 0.3) is 10.2 Å². The van der Waals surface area contributed by atoms with Crippen LogP contribution in [0.1, 0.15) is 23.3 Å². The summed E-state index contributed by atoms with van der Waals surface area (Å²) in [4.78, 5) is 14.1. The van der Waals surface area contributed by atoms with Crippen LogP contribution in [-0.2, 0) is 6.61 Å². The van der Waals surface area contributed by atoms with Crippen molar-refractivity contribution in [1.29, 1.82) is 0 Å². The van der Waals surface area contributed by atoms with Crippen LogP contribution in [-0.4, -0.2) is 27.5 Å².